The van der Waals surface area contributed by atoms with Crippen molar-refractivity contribution in [2.24, 2.45) is 0 Å². The predicted molar refractivity (Wildman–Crippen MR) is 82.2 cm³/mol. The third kappa shape index (κ3) is 4.33. The lowest BCUT2D eigenvalue weighted by Gasteiger charge is -2.25. The molecule has 0 saturated carbocycles. The molecule has 5 heteroatoms. The van der Waals surface area contributed by atoms with Crippen molar-refractivity contribution < 1.29 is 9.53 Å². The van der Waals surface area contributed by atoms with E-state index >= 15 is 0 Å². The van der Waals surface area contributed by atoms with E-state index < -0.39 is 11.6 Å². The first-order valence-electron chi connectivity index (χ1n) is 6.23. The van der Waals surface area contributed by atoms with E-state index in [9.17, 15) is 4.79 Å². The van der Waals surface area contributed by atoms with Gasteiger partial charge < -0.3 is 10.1 Å². The Morgan fingerprint density at radius 1 is 1.55 bits per heavy atom. The second-order valence-electron chi connectivity index (χ2n) is 4.65. The van der Waals surface area contributed by atoms with Gasteiger partial charge in [-0.3, -0.25) is 4.79 Å². The van der Waals surface area contributed by atoms with Crippen LogP contribution in [0.5, 0.6) is 5.75 Å². The van der Waals surface area contributed by atoms with E-state index in [2.05, 4.69) is 11.2 Å². The van der Waals surface area contributed by atoms with Crippen molar-refractivity contribution in [1.82, 2.24) is 5.32 Å². The van der Waals surface area contributed by atoms with Crippen molar-refractivity contribution >= 4 is 29.1 Å². The van der Waals surface area contributed by atoms with Crippen molar-refractivity contribution in [2.75, 3.05) is 0 Å². The summed E-state index contributed by atoms with van der Waals surface area (Å²) in [6, 6.07) is 4.82. The van der Waals surface area contributed by atoms with Gasteiger partial charge in [0.15, 0.2) is 6.10 Å². The summed E-state index contributed by atoms with van der Waals surface area (Å²) in [5.41, 5.74) is -0.682. The van der Waals surface area contributed by atoms with Crippen LogP contribution in [-0.4, -0.2) is 17.6 Å². The van der Waals surface area contributed by atoms with Crippen LogP contribution < -0.4 is 10.1 Å². The maximum atomic E-state index is 12.1. The molecule has 0 radical (unpaired) electrons. The van der Waals surface area contributed by atoms with Gasteiger partial charge in [0.05, 0.1) is 10.6 Å². The molecule has 0 spiro atoms. The molecule has 0 aliphatic carbocycles. The lowest BCUT2D eigenvalue weighted by molar-refractivity contribution is -0.128. The Balaban J connectivity index is 2.74. The van der Waals surface area contributed by atoms with Crippen LogP contribution in [-0.2, 0) is 4.79 Å². The van der Waals surface area contributed by atoms with Crippen LogP contribution in [0.15, 0.2) is 18.2 Å². The van der Waals surface area contributed by atoms with E-state index in [1.54, 1.807) is 32.0 Å². The SMILES string of the molecule is C#C[C@@](C)(CC)NC(=O)[C@@H](C)Oc1ccc(Cl)cc1Cl. The summed E-state index contributed by atoms with van der Waals surface area (Å²) in [7, 11) is 0. The normalized spacial score (nSPS) is 14.8. The molecule has 108 valence electrons. The number of carbonyl (C=O) groups excluding carboxylic acids is 1. The van der Waals surface area contributed by atoms with Crippen LogP contribution in [0.1, 0.15) is 27.2 Å². The molecular formula is C15H17Cl2NO2. The monoisotopic (exact) mass is 313 g/mol. The second kappa shape index (κ2) is 6.88. The highest BCUT2D eigenvalue weighted by molar-refractivity contribution is 6.35. The van der Waals surface area contributed by atoms with Gasteiger partial charge in [0.2, 0.25) is 0 Å². The Hall–Kier alpha value is -1.37. The number of terminal acetylenes is 1. The second-order valence-corrected chi connectivity index (χ2v) is 5.50. The summed E-state index contributed by atoms with van der Waals surface area (Å²) in [5.74, 6) is 2.67. The van der Waals surface area contributed by atoms with Gasteiger partial charge in [0.25, 0.3) is 5.91 Å². The zero-order valence-corrected chi connectivity index (χ0v) is 13.2. The zero-order chi connectivity index (χ0) is 15.3. The largest absolute Gasteiger partial charge is 0.479 e. The first kappa shape index (κ1) is 16.7. The van der Waals surface area contributed by atoms with Crippen LogP contribution >= 0.6 is 23.2 Å². The topological polar surface area (TPSA) is 38.3 Å². The van der Waals surface area contributed by atoms with Gasteiger partial charge in [-0.2, -0.15) is 0 Å². The third-order valence-electron chi connectivity index (χ3n) is 2.99. The molecule has 2 atom stereocenters. The number of hydrogen-bond acceptors (Lipinski definition) is 2. The molecule has 0 fully saturated rings. The molecule has 0 unspecified atom stereocenters. The third-order valence-corrected chi connectivity index (χ3v) is 3.52. The summed E-state index contributed by atoms with van der Waals surface area (Å²) >= 11 is 11.8. The number of hydrogen-bond donors (Lipinski definition) is 1. The van der Waals surface area contributed by atoms with Crippen molar-refractivity contribution in [2.45, 2.75) is 38.8 Å². The van der Waals surface area contributed by atoms with E-state index in [0.29, 0.717) is 22.2 Å². The maximum absolute atomic E-state index is 12.1. The van der Waals surface area contributed by atoms with E-state index in [4.69, 9.17) is 34.4 Å². The van der Waals surface area contributed by atoms with Crippen LogP contribution in [0, 0.1) is 12.3 Å². The average Bonchev–Trinajstić information content (AvgIpc) is 2.41. The number of amides is 1. The summed E-state index contributed by atoms with van der Waals surface area (Å²) in [6.07, 6.45) is 5.33. The van der Waals surface area contributed by atoms with Crippen LogP contribution in [0.2, 0.25) is 10.0 Å². The highest BCUT2D eigenvalue weighted by atomic mass is 35.5. The van der Waals surface area contributed by atoms with Crippen molar-refractivity contribution in [3.8, 4) is 18.1 Å². The van der Waals surface area contributed by atoms with E-state index in [0.717, 1.165) is 0 Å². The molecule has 0 heterocycles. The van der Waals surface area contributed by atoms with E-state index in [-0.39, 0.29) is 5.91 Å². The molecule has 1 rings (SSSR count). The van der Waals surface area contributed by atoms with Crippen LogP contribution in [0.25, 0.3) is 0 Å². The Bertz CT molecular complexity index is 539. The molecule has 1 N–H and O–H groups in total. The summed E-state index contributed by atoms with van der Waals surface area (Å²) in [5, 5.41) is 3.63. The number of halogens is 2. The molecule has 20 heavy (non-hydrogen) atoms. The predicted octanol–water partition coefficient (Wildman–Crippen LogP) is 3.68. The molecular weight excluding hydrogens is 297 g/mol. The van der Waals surface area contributed by atoms with Crippen LogP contribution in [0.4, 0.5) is 0 Å². The van der Waals surface area contributed by atoms with Gasteiger partial charge in [-0.1, -0.05) is 36.0 Å². The number of benzene rings is 1. The smallest absolute Gasteiger partial charge is 0.261 e. The fraction of sp³-hybridized carbons (Fsp3) is 0.400. The maximum Gasteiger partial charge on any atom is 0.261 e. The van der Waals surface area contributed by atoms with E-state index in [1.165, 1.54) is 0 Å². The first-order chi connectivity index (χ1) is 9.31. The van der Waals surface area contributed by atoms with Crippen molar-refractivity contribution in [3.05, 3.63) is 28.2 Å². The Labute approximate surface area is 129 Å². The number of rotatable bonds is 5. The lowest BCUT2D eigenvalue weighted by atomic mass is 10.00. The summed E-state index contributed by atoms with van der Waals surface area (Å²) in [6.45, 7) is 5.32. The molecule has 3 nitrogen and oxygen atoms in total. The van der Waals surface area contributed by atoms with Gasteiger partial charge in [0.1, 0.15) is 5.75 Å². The molecule has 1 aromatic rings. The Morgan fingerprint density at radius 2 is 2.20 bits per heavy atom. The minimum Gasteiger partial charge on any atom is -0.479 e. The Morgan fingerprint density at radius 3 is 2.70 bits per heavy atom. The van der Waals surface area contributed by atoms with Crippen molar-refractivity contribution in [3.63, 3.8) is 0 Å². The van der Waals surface area contributed by atoms with Gasteiger partial charge in [-0.25, -0.2) is 0 Å². The first-order valence-corrected chi connectivity index (χ1v) is 6.98. The minimum absolute atomic E-state index is 0.293. The van der Waals surface area contributed by atoms with Gasteiger partial charge in [0, 0.05) is 5.02 Å². The van der Waals surface area contributed by atoms with Gasteiger partial charge >= 0.3 is 0 Å². The molecule has 1 amide bonds. The molecule has 0 aliphatic heterocycles. The lowest BCUT2D eigenvalue weighted by Crippen LogP contribution is -2.49. The molecule has 0 bridgehead atoms. The standard InChI is InChI=1S/C15H17Cl2NO2/c1-5-15(4,6-2)18-14(19)10(3)20-13-8-7-11(16)9-12(13)17/h1,7-10H,6H2,2-4H3,(H,18,19)/t10-,15+/m1/s1. The Kier molecular flexibility index (Phi) is 5.74. The minimum atomic E-state index is -0.715. The number of ether oxygens (including phenoxy) is 1. The van der Waals surface area contributed by atoms with Gasteiger partial charge in [-0.05, 0) is 38.5 Å². The fourth-order valence-corrected chi connectivity index (χ4v) is 1.87. The average molecular weight is 314 g/mol. The number of carbonyl (C=O) groups is 1. The fourth-order valence-electron chi connectivity index (χ4n) is 1.41. The molecule has 1 aromatic carbocycles. The summed E-state index contributed by atoms with van der Waals surface area (Å²) in [4.78, 5) is 12.1. The molecule has 0 saturated heterocycles. The summed E-state index contributed by atoms with van der Waals surface area (Å²) < 4.78 is 5.53. The van der Waals surface area contributed by atoms with Crippen molar-refractivity contribution in [1.29, 1.82) is 0 Å². The molecule has 0 aliphatic rings. The van der Waals surface area contributed by atoms with Crippen LogP contribution in [0.3, 0.4) is 0 Å². The highest BCUT2D eigenvalue weighted by Crippen LogP contribution is 2.28. The van der Waals surface area contributed by atoms with E-state index in [1.807, 2.05) is 6.92 Å². The highest BCUT2D eigenvalue weighted by Gasteiger charge is 2.25. The van der Waals surface area contributed by atoms with Gasteiger partial charge in [-0.15, -0.1) is 6.42 Å². The quantitative estimate of drug-likeness (QED) is 0.842. The number of nitrogens with one attached hydrogen (secondary N) is 1. The zero-order valence-electron chi connectivity index (χ0n) is 11.7. The molecule has 0 aromatic heterocycles.